The molecule has 142 valence electrons. The summed E-state index contributed by atoms with van der Waals surface area (Å²) in [7, 11) is -3.95. The van der Waals surface area contributed by atoms with E-state index in [0.717, 1.165) is 12.0 Å². The van der Waals surface area contributed by atoms with Crippen LogP contribution >= 0.6 is 0 Å². The van der Waals surface area contributed by atoms with Crippen molar-refractivity contribution in [1.29, 1.82) is 0 Å². The highest BCUT2D eigenvalue weighted by atomic mass is 32.2. The van der Waals surface area contributed by atoms with Crippen LogP contribution in [0.2, 0.25) is 0 Å². The van der Waals surface area contributed by atoms with Gasteiger partial charge in [0.15, 0.2) is 5.69 Å². The lowest BCUT2D eigenvalue weighted by Gasteiger charge is -2.15. The molecule has 0 saturated heterocycles. The summed E-state index contributed by atoms with van der Waals surface area (Å²) in [6, 6.07) is 12.1. The van der Waals surface area contributed by atoms with E-state index in [0.29, 0.717) is 28.8 Å². The van der Waals surface area contributed by atoms with Gasteiger partial charge in [0.1, 0.15) is 5.58 Å². The summed E-state index contributed by atoms with van der Waals surface area (Å²) in [5, 5.41) is 3.80. The third kappa shape index (κ3) is 3.83. The molecule has 0 unspecified atom stereocenters. The van der Waals surface area contributed by atoms with Crippen molar-refractivity contribution in [3.05, 3.63) is 64.0 Å². The van der Waals surface area contributed by atoms with Crippen molar-refractivity contribution in [3.63, 3.8) is 0 Å². The summed E-state index contributed by atoms with van der Waals surface area (Å²) in [4.78, 5) is 12.7. The molecule has 27 heavy (non-hydrogen) atoms. The summed E-state index contributed by atoms with van der Waals surface area (Å²) in [5.74, 6) is 0. The van der Waals surface area contributed by atoms with E-state index in [9.17, 15) is 13.2 Å². The number of rotatable bonds is 6. The van der Waals surface area contributed by atoms with E-state index < -0.39 is 15.6 Å². The standard InChI is InChI=1S/C20H22N2O4S/c1-4-11-21-18-15-7-5-6-8-16(15)26-20(23)19(18)22-27(24,25)17-10-9-13(2)12-14(17)3/h5-10,12,21-22H,4,11H2,1-3H3. The van der Waals surface area contributed by atoms with E-state index in [1.54, 1.807) is 37.3 Å². The molecule has 2 N–H and O–H groups in total. The van der Waals surface area contributed by atoms with Crippen molar-refractivity contribution in [3.8, 4) is 0 Å². The minimum absolute atomic E-state index is 0.109. The van der Waals surface area contributed by atoms with Gasteiger partial charge in [-0.05, 0) is 44.0 Å². The number of aryl methyl sites for hydroxylation is 2. The van der Waals surface area contributed by atoms with Crippen LogP contribution in [0.5, 0.6) is 0 Å². The van der Waals surface area contributed by atoms with Crippen LogP contribution in [0.3, 0.4) is 0 Å². The Balaban J connectivity index is 2.15. The van der Waals surface area contributed by atoms with Gasteiger partial charge in [0, 0.05) is 11.9 Å². The third-order valence-corrected chi connectivity index (χ3v) is 5.73. The van der Waals surface area contributed by atoms with Gasteiger partial charge < -0.3 is 9.73 Å². The molecule has 2 aromatic carbocycles. The van der Waals surface area contributed by atoms with Crippen molar-refractivity contribution in [1.82, 2.24) is 0 Å². The Kier molecular flexibility index (Phi) is 5.23. The van der Waals surface area contributed by atoms with Gasteiger partial charge in [-0.25, -0.2) is 13.2 Å². The summed E-state index contributed by atoms with van der Waals surface area (Å²) < 4.78 is 33.6. The second-order valence-corrected chi connectivity index (χ2v) is 8.09. The molecule has 0 radical (unpaired) electrons. The largest absolute Gasteiger partial charge is 0.421 e. The summed E-state index contributed by atoms with van der Waals surface area (Å²) in [6.45, 7) is 6.19. The van der Waals surface area contributed by atoms with Gasteiger partial charge in [-0.3, -0.25) is 4.72 Å². The van der Waals surface area contributed by atoms with E-state index in [1.165, 1.54) is 6.07 Å². The smallest absolute Gasteiger partial charge is 0.363 e. The average Bonchev–Trinajstić information content (AvgIpc) is 2.61. The van der Waals surface area contributed by atoms with Gasteiger partial charge in [-0.15, -0.1) is 0 Å². The number of hydrogen-bond acceptors (Lipinski definition) is 5. The minimum Gasteiger partial charge on any atom is -0.421 e. The first kappa shape index (κ1) is 19.0. The van der Waals surface area contributed by atoms with Crippen molar-refractivity contribution in [2.45, 2.75) is 32.1 Å². The molecule has 0 bridgehead atoms. The van der Waals surface area contributed by atoms with Crippen LogP contribution in [0, 0.1) is 13.8 Å². The molecule has 0 aliphatic carbocycles. The lowest BCUT2D eigenvalue weighted by molar-refractivity contribution is 0.563. The number of hydrogen-bond donors (Lipinski definition) is 2. The molecule has 0 aliphatic heterocycles. The maximum atomic E-state index is 12.9. The molecule has 0 spiro atoms. The molecule has 3 aromatic rings. The molecule has 0 fully saturated rings. The molecule has 0 amide bonds. The highest BCUT2D eigenvalue weighted by Gasteiger charge is 2.23. The van der Waals surface area contributed by atoms with Crippen LogP contribution < -0.4 is 15.7 Å². The minimum atomic E-state index is -3.95. The molecule has 7 heteroatoms. The van der Waals surface area contributed by atoms with Crippen molar-refractivity contribution in [2.24, 2.45) is 0 Å². The van der Waals surface area contributed by atoms with E-state index in [4.69, 9.17) is 4.42 Å². The van der Waals surface area contributed by atoms with Crippen LogP contribution in [-0.2, 0) is 10.0 Å². The molecule has 3 rings (SSSR count). The quantitative estimate of drug-likeness (QED) is 0.625. The second kappa shape index (κ2) is 7.44. The zero-order chi connectivity index (χ0) is 19.6. The number of sulfonamides is 1. The SMILES string of the molecule is CCCNc1c(NS(=O)(=O)c2ccc(C)cc2C)c(=O)oc2ccccc12. The Morgan fingerprint density at radius 1 is 1.04 bits per heavy atom. The summed E-state index contributed by atoms with van der Waals surface area (Å²) in [6.07, 6.45) is 0.817. The predicted octanol–water partition coefficient (Wildman–Crippen LogP) is 4.03. The van der Waals surface area contributed by atoms with E-state index in [1.807, 2.05) is 19.9 Å². The number of benzene rings is 2. The van der Waals surface area contributed by atoms with Crippen molar-refractivity contribution in [2.75, 3.05) is 16.6 Å². The molecule has 0 atom stereocenters. The maximum Gasteiger partial charge on any atom is 0.363 e. The number of fused-ring (bicyclic) bond motifs is 1. The van der Waals surface area contributed by atoms with Gasteiger partial charge in [-0.1, -0.05) is 36.8 Å². The van der Waals surface area contributed by atoms with Gasteiger partial charge >= 0.3 is 5.63 Å². The third-order valence-electron chi connectivity index (χ3n) is 4.22. The van der Waals surface area contributed by atoms with E-state index >= 15 is 0 Å². The zero-order valence-electron chi connectivity index (χ0n) is 15.5. The zero-order valence-corrected chi connectivity index (χ0v) is 16.3. The average molecular weight is 386 g/mol. The van der Waals surface area contributed by atoms with Crippen LogP contribution in [0.4, 0.5) is 11.4 Å². The molecule has 6 nitrogen and oxygen atoms in total. The Morgan fingerprint density at radius 2 is 1.78 bits per heavy atom. The van der Waals surface area contributed by atoms with Crippen molar-refractivity contribution >= 4 is 32.4 Å². The predicted molar refractivity (Wildman–Crippen MR) is 108 cm³/mol. The molecular weight excluding hydrogens is 364 g/mol. The first-order valence-corrected chi connectivity index (χ1v) is 10.2. The van der Waals surface area contributed by atoms with E-state index in [-0.39, 0.29) is 10.6 Å². The highest BCUT2D eigenvalue weighted by Crippen LogP contribution is 2.30. The Hall–Kier alpha value is -2.80. The second-order valence-electron chi connectivity index (χ2n) is 6.44. The van der Waals surface area contributed by atoms with Crippen LogP contribution in [0.15, 0.2) is 56.6 Å². The monoisotopic (exact) mass is 386 g/mol. The molecular formula is C20H22N2O4S. The lowest BCUT2D eigenvalue weighted by atomic mass is 10.2. The van der Waals surface area contributed by atoms with E-state index in [2.05, 4.69) is 10.0 Å². The Morgan fingerprint density at radius 3 is 2.48 bits per heavy atom. The van der Waals surface area contributed by atoms with Gasteiger partial charge in [0.05, 0.1) is 10.6 Å². The Bertz CT molecular complexity index is 1150. The number of para-hydroxylation sites is 1. The fourth-order valence-electron chi connectivity index (χ4n) is 2.97. The molecule has 1 heterocycles. The van der Waals surface area contributed by atoms with Crippen molar-refractivity contribution < 1.29 is 12.8 Å². The van der Waals surface area contributed by atoms with Crippen LogP contribution in [0.1, 0.15) is 24.5 Å². The molecule has 0 saturated carbocycles. The number of nitrogens with one attached hydrogen (secondary N) is 2. The Labute approximate surface area is 158 Å². The number of anilines is 2. The normalized spacial score (nSPS) is 11.5. The first-order valence-electron chi connectivity index (χ1n) is 8.73. The van der Waals surface area contributed by atoms with Gasteiger partial charge in [-0.2, -0.15) is 0 Å². The molecule has 1 aromatic heterocycles. The summed E-state index contributed by atoms with van der Waals surface area (Å²) >= 11 is 0. The topological polar surface area (TPSA) is 88.4 Å². The summed E-state index contributed by atoms with van der Waals surface area (Å²) in [5.41, 5.74) is 1.55. The fraction of sp³-hybridized carbons (Fsp3) is 0.250. The van der Waals surface area contributed by atoms with Crippen LogP contribution in [0.25, 0.3) is 11.0 Å². The van der Waals surface area contributed by atoms with Gasteiger partial charge in [0.25, 0.3) is 10.0 Å². The van der Waals surface area contributed by atoms with Gasteiger partial charge in [0.2, 0.25) is 0 Å². The maximum absolute atomic E-state index is 12.9. The lowest BCUT2D eigenvalue weighted by Crippen LogP contribution is -2.21. The fourth-order valence-corrected chi connectivity index (χ4v) is 4.26. The molecule has 0 aliphatic rings. The first-order chi connectivity index (χ1) is 12.8. The van der Waals surface area contributed by atoms with Crippen LogP contribution in [-0.4, -0.2) is 15.0 Å². The highest BCUT2D eigenvalue weighted by molar-refractivity contribution is 7.92.